The number of rotatable bonds is 7. The summed E-state index contributed by atoms with van der Waals surface area (Å²) in [7, 11) is 3.21. The van der Waals surface area contributed by atoms with Gasteiger partial charge in [-0.3, -0.25) is 4.79 Å². The number of carbonyl (C=O) groups is 1. The SMILES string of the molecule is COc1ccc(OC)c(CC(=O)NCc2ccc(N3CCSCC3)cc2)c1. The lowest BCUT2D eigenvalue weighted by molar-refractivity contribution is -0.120. The summed E-state index contributed by atoms with van der Waals surface area (Å²) in [6.07, 6.45) is 0.254. The van der Waals surface area contributed by atoms with Gasteiger partial charge in [-0.15, -0.1) is 0 Å². The Balaban J connectivity index is 1.54. The van der Waals surface area contributed by atoms with E-state index >= 15 is 0 Å². The number of hydrogen-bond acceptors (Lipinski definition) is 5. The molecule has 5 nitrogen and oxygen atoms in total. The molecule has 0 unspecified atom stereocenters. The molecule has 1 amide bonds. The minimum atomic E-state index is -0.0429. The Labute approximate surface area is 165 Å². The van der Waals surface area contributed by atoms with E-state index in [1.54, 1.807) is 14.2 Å². The standard InChI is InChI=1S/C21H26N2O3S/c1-25-19-7-8-20(26-2)17(13-19)14-21(24)22-15-16-3-5-18(6-4-16)23-9-11-27-12-10-23/h3-8,13H,9-12,14-15H2,1-2H3,(H,22,24). The lowest BCUT2D eigenvalue weighted by Gasteiger charge is -2.28. The zero-order valence-corrected chi connectivity index (χ0v) is 16.7. The number of amides is 1. The van der Waals surface area contributed by atoms with Crippen LogP contribution >= 0.6 is 11.8 Å². The van der Waals surface area contributed by atoms with Gasteiger partial charge < -0.3 is 19.7 Å². The van der Waals surface area contributed by atoms with Gasteiger partial charge in [-0.1, -0.05) is 12.1 Å². The molecule has 0 atom stereocenters. The van der Waals surface area contributed by atoms with Crippen LogP contribution in [-0.4, -0.2) is 44.7 Å². The number of methoxy groups -OCH3 is 2. The number of nitrogens with zero attached hydrogens (tertiary/aromatic N) is 1. The Hall–Kier alpha value is -2.34. The van der Waals surface area contributed by atoms with Crippen LogP contribution in [0.1, 0.15) is 11.1 Å². The summed E-state index contributed by atoms with van der Waals surface area (Å²) in [6.45, 7) is 2.72. The van der Waals surface area contributed by atoms with Crippen molar-refractivity contribution in [3.63, 3.8) is 0 Å². The molecule has 27 heavy (non-hydrogen) atoms. The molecule has 0 aliphatic carbocycles. The van der Waals surface area contributed by atoms with Crippen molar-refractivity contribution in [1.29, 1.82) is 0 Å². The van der Waals surface area contributed by atoms with Gasteiger partial charge in [0.05, 0.1) is 20.6 Å². The second-order valence-electron chi connectivity index (χ2n) is 6.40. The fraction of sp³-hybridized carbons (Fsp3) is 0.381. The van der Waals surface area contributed by atoms with E-state index in [0.29, 0.717) is 18.0 Å². The van der Waals surface area contributed by atoms with Gasteiger partial charge in [0, 0.05) is 42.4 Å². The maximum absolute atomic E-state index is 12.3. The first-order valence-electron chi connectivity index (χ1n) is 9.09. The first-order valence-corrected chi connectivity index (χ1v) is 10.2. The smallest absolute Gasteiger partial charge is 0.224 e. The fourth-order valence-electron chi connectivity index (χ4n) is 3.10. The molecule has 1 aliphatic rings. The Morgan fingerprint density at radius 3 is 2.48 bits per heavy atom. The van der Waals surface area contributed by atoms with Crippen LogP contribution in [0.25, 0.3) is 0 Å². The van der Waals surface area contributed by atoms with E-state index < -0.39 is 0 Å². The lowest BCUT2D eigenvalue weighted by atomic mass is 10.1. The number of carbonyl (C=O) groups excluding carboxylic acids is 1. The molecule has 1 fully saturated rings. The van der Waals surface area contributed by atoms with E-state index in [1.807, 2.05) is 30.0 Å². The van der Waals surface area contributed by atoms with E-state index in [4.69, 9.17) is 9.47 Å². The van der Waals surface area contributed by atoms with E-state index in [0.717, 1.165) is 24.2 Å². The highest BCUT2D eigenvalue weighted by Gasteiger charge is 2.12. The second kappa shape index (κ2) is 9.55. The largest absolute Gasteiger partial charge is 0.497 e. The van der Waals surface area contributed by atoms with Crippen molar-refractivity contribution in [2.75, 3.05) is 43.7 Å². The molecule has 0 radical (unpaired) electrons. The molecule has 1 saturated heterocycles. The monoisotopic (exact) mass is 386 g/mol. The summed E-state index contributed by atoms with van der Waals surface area (Å²) < 4.78 is 10.6. The number of anilines is 1. The van der Waals surface area contributed by atoms with Crippen molar-refractivity contribution in [3.8, 4) is 11.5 Å². The maximum Gasteiger partial charge on any atom is 0.224 e. The normalized spacial score (nSPS) is 13.9. The number of thioether (sulfide) groups is 1. The van der Waals surface area contributed by atoms with Gasteiger partial charge in [0.25, 0.3) is 0 Å². The zero-order chi connectivity index (χ0) is 19.1. The van der Waals surface area contributed by atoms with E-state index in [1.165, 1.54) is 17.2 Å². The molecular weight excluding hydrogens is 360 g/mol. The molecule has 6 heteroatoms. The summed E-state index contributed by atoms with van der Waals surface area (Å²) in [5.41, 5.74) is 3.16. The van der Waals surface area contributed by atoms with Crippen LogP contribution < -0.4 is 19.7 Å². The van der Waals surface area contributed by atoms with Crippen molar-refractivity contribution in [2.24, 2.45) is 0 Å². The number of ether oxygens (including phenoxy) is 2. The molecule has 1 aliphatic heterocycles. The van der Waals surface area contributed by atoms with Gasteiger partial charge in [-0.25, -0.2) is 0 Å². The Bertz CT molecular complexity index is 759. The van der Waals surface area contributed by atoms with Gasteiger partial charge in [-0.05, 0) is 35.9 Å². The minimum Gasteiger partial charge on any atom is -0.497 e. The lowest BCUT2D eigenvalue weighted by Crippen LogP contribution is -2.32. The first-order chi connectivity index (χ1) is 13.2. The summed E-state index contributed by atoms with van der Waals surface area (Å²) in [4.78, 5) is 14.8. The highest BCUT2D eigenvalue weighted by Crippen LogP contribution is 2.24. The quantitative estimate of drug-likeness (QED) is 0.792. The summed E-state index contributed by atoms with van der Waals surface area (Å²) >= 11 is 2.01. The van der Waals surface area contributed by atoms with Crippen LogP contribution in [0.3, 0.4) is 0 Å². The average molecular weight is 387 g/mol. The van der Waals surface area contributed by atoms with Gasteiger partial charge in [-0.2, -0.15) is 11.8 Å². The third-order valence-electron chi connectivity index (χ3n) is 4.64. The van der Waals surface area contributed by atoms with Crippen LogP contribution in [0.2, 0.25) is 0 Å². The Morgan fingerprint density at radius 1 is 1.07 bits per heavy atom. The molecular formula is C21H26N2O3S. The van der Waals surface area contributed by atoms with Crippen LogP contribution in [0.15, 0.2) is 42.5 Å². The predicted octanol–water partition coefficient (Wildman–Crippen LogP) is 3.12. The summed E-state index contributed by atoms with van der Waals surface area (Å²) in [5.74, 6) is 3.73. The first kappa shape index (κ1) is 19.4. The van der Waals surface area contributed by atoms with Crippen molar-refractivity contribution >= 4 is 23.4 Å². The maximum atomic E-state index is 12.3. The second-order valence-corrected chi connectivity index (χ2v) is 7.62. The zero-order valence-electron chi connectivity index (χ0n) is 15.9. The molecule has 1 heterocycles. The van der Waals surface area contributed by atoms with Gasteiger partial charge in [0.2, 0.25) is 5.91 Å². The predicted molar refractivity (Wildman–Crippen MR) is 111 cm³/mol. The highest BCUT2D eigenvalue weighted by molar-refractivity contribution is 7.99. The number of nitrogens with one attached hydrogen (secondary N) is 1. The molecule has 0 aromatic heterocycles. The van der Waals surface area contributed by atoms with Crippen LogP contribution in [0.5, 0.6) is 11.5 Å². The molecule has 0 saturated carbocycles. The topological polar surface area (TPSA) is 50.8 Å². The molecule has 144 valence electrons. The van der Waals surface area contributed by atoms with Gasteiger partial charge >= 0.3 is 0 Å². The Morgan fingerprint density at radius 2 is 1.81 bits per heavy atom. The molecule has 2 aromatic rings. The van der Waals surface area contributed by atoms with Crippen LogP contribution in [0.4, 0.5) is 5.69 Å². The summed E-state index contributed by atoms with van der Waals surface area (Å²) in [5, 5.41) is 2.98. The van der Waals surface area contributed by atoms with Crippen molar-refractivity contribution in [1.82, 2.24) is 5.32 Å². The molecule has 0 spiro atoms. The van der Waals surface area contributed by atoms with Crippen molar-refractivity contribution < 1.29 is 14.3 Å². The minimum absolute atomic E-state index is 0.0429. The average Bonchev–Trinajstić information content (AvgIpc) is 2.73. The third kappa shape index (κ3) is 5.32. The van der Waals surface area contributed by atoms with E-state index in [9.17, 15) is 4.79 Å². The van der Waals surface area contributed by atoms with Crippen LogP contribution in [-0.2, 0) is 17.8 Å². The molecule has 2 aromatic carbocycles. The number of hydrogen-bond donors (Lipinski definition) is 1. The number of benzene rings is 2. The fourth-order valence-corrected chi connectivity index (χ4v) is 4.01. The van der Waals surface area contributed by atoms with Gasteiger partial charge in [0.1, 0.15) is 11.5 Å². The van der Waals surface area contributed by atoms with Crippen LogP contribution in [0, 0.1) is 0 Å². The molecule has 3 rings (SSSR count). The molecule has 0 bridgehead atoms. The highest BCUT2D eigenvalue weighted by atomic mass is 32.2. The van der Waals surface area contributed by atoms with E-state index in [2.05, 4.69) is 34.5 Å². The third-order valence-corrected chi connectivity index (χ3v) is 5.58. The van der Waals surface area contributed by atoms with E-state index in [-0.39, 0.29) is 12.3 Å². The van der Waals surface area contributed by atoms with Crippen molar-refractivity contribution in [2.45, 2.75) is 13.0 Å². The Kier molecular flexibility index (Phi) is 6.87. The van der Waals surface area contributed by atoms with Gasteiger partial charge in [0.15, 0.2) is 0 Å². The van der Waals surface area contributed by atoms with Crippen molar-refractivity contribution in [3.05, 3.63) is 53.6 Å². The molecule has 1 N–H and O–H groups in total. The summed E-state index contributed by atoms with van der Waals surface area (Å²) in [6, 6.07) is 13.9.